The Morgan fingerprint density at radius 3 is 2.41 bits per heavy atom. The Labute approximate surface area is 185 Å². The minimum atomic E-state index is -3.52. The highest BCUT2D eigenvalue weighted by Gasteiger charge is 2.18. The standard InChI is InChI=1S/C21H22FN5O4S/c1-27(32(3,29)30)19-7-5-4-6-17(19)25-18-12-20(23-13-16(18)21(28)26-31-2)24-15-10-8-14(22)9-11-15/h4-13H,1-3H3,(H,26,28)(H2,23,24,25). The molecule has 1 amide bonds. The van der Waals surface area contributed by atoms with Crippen LogP contribution in [0.4, 0.5) is 33.0 Å². The van der Waals surface area contributed by atoms with E-state index in [1.807, 2.05) is 0 Å². The van der Waals surface area contributed by atoms with Crippen molar-refractivity contribution in [1.29, 1.82) is 0 Å². The number of carbonyl (C=O) groups is 1. The van der Waals surface area contributed by atoms with Crippen molar-refractivity contribution in [2.75, 3.05) is 35.4 Å². The van der Waals surface area contributed by atoms with E-state index in [0.717, 1.165) is 10.6 Å². The average molecular weight is 460 g/mol. The molecule has 0 radical (unpaired) electrons. The minimum Gasteiger partial charge on any atom is -0.353 e. The molecule has 0 spiro atoms. The Morgan fingerprint density at radius 1 is 1.06 bits per heavy atom. The molecule has 0 bridgehead atoms. The minimum absolute atomic E-state index is 0.160. The summed E-state index contributed by atoms with van der Waals surface area (Å²) in [4.78, 5) is 21.4. The topological polar surface area (TPSA) is 113 Å². The van der Waals surface area contributed by atoms with E-state index in [4.69, 9.17) is 4.84 Å². The predicted molar refractivity (Wildman–Crippen MR) is 121 cm³/mol. The van der Waals surface area contributed by atoms with Crippen LogP contribution in [0.15, 0.2) is 60.8 Å². The molecule has 1 heterocycles. The Bertz CT molecular complexity index is 1220. The van der Waals surface area contributed by atoms with Gasteiger partial charge in [-0.05, 0) is 36.4 Å². The lowest BCUT2D eigenvalue weighted by Crippen LogP contribution is -2.26. The first-order chi connectivity index (χ1) is 15.2. The third-order valence-electron chi connectivity index (χ3n) is 4.47. The van der Waals surface area contributed by atoms with Crippen LogP contribution in [0.5, 0.6) is 0 Å². The van der Waals surface area contributed by atoms with Crippen LogP contribution in [0.2, 0.25) is 0 Å². The summed E-state index contributed by atoms with van der Waals surface area (Å²) < 4.78 is 38.4. The van der Waals surface area contributed by atoms with Crippen molar-refractivity contribution in [3.8, 4) is 0 Å². The van der Waals surface area contributed by atoms with Crippen LogP contribution in [0.25, 0.3) is 0 Å². The number of pyridine rings is 1. The number of sulfonamides is 1. The third-order valence-corrected chi connectivity index (χ3v) is 5.66. The lowest BCUT2D eigenvalue weighted by molar-refractivity contribution is 0.0538. The molecule has 0 aliphatic heterocycles. The fraction of sp³-hybridized carbons (Fsp3) is 0.143. The summed E-state index contributed by atoms with van der Waals surface area (Å²) in [6.45, 7) is 0. The van der Waals surface area contributed by atoms with E-state index in [0.29, 0.717) is 28.6 Å². The van der Waals surface area contributed by atoms with Gasteiger partial charge in [0, 0.05) is 25.0 Å². The van der Waals surface area contributed by atoms with Crippen LogP contribution in [0.1, 0.15) is 10.4 Å². The number of halogens is 1. The van der Waals surface area contributed by atoms with Gasteiger partial charge >= 0.3 is 0 Å². The summed E-state index contributed by atoms with van der Waals surface area (Å²) in [5.74, 6) is -0.546. The molecule has 0 atom stereocenters. The first-order valence-electron chi connectivity index (χ1n) is 9.35. The SMILES string of the molecule is CONC(=O)c1cnc(Nc2ccc(F)cc2)cc1Nc1ccccc1N(C)S(C)(=O)=O. The number of hydrogen-bond acceptors (Lipinski definition) is 7. The van der Waals surface area contributed by atoms with Crippen LogP contribution in [0, 0.1) is 5.82 Å². The summed E-state index contributed by atoms with van der Waals surface area (Å²) in [6, 6.07) is 14.0. The Balaban J connectivity index is 2.01. The molecule has 0 saturated carbocycles. The molecule has 32 heavy (non-hydrogen) atoms. The highest BCUT2D eigenvalue weighted by atomic mass is 32.2. The van der Waals surface area contributed by atoms with Crippen molar-refractivity contribution in [1.82, 2.24) is 10.5 Å². The molecule has 11 heteroatoms. The molecular weight excluding hydrogens is 437 g/mol. The second-order valence-corrected chi connectivity index (χ2v) is 8.77. The van der Waals surface area contributed by atoms with Crippen LogP contribution < -0.4 is 20.4 Å². The number of aromatic nitrogens is 1. The van der Waals surface area contributed by atoms with Gasteiger partial charge in [0.05, 0.1) is 36.0 Å². The molecule has 3 aromatic rings. The monoisotopic (exact) mass is 459 g/mol. The van der Waals surface area contributed by atoms with E-state index in [-0.39, 0.29) is 11.4 Å². The van der Waals surface area contributed by atoms with Gasteiger partial charge in [-0.25, -0.2) is 23.3 Å². The van der Waals surface area contributed by atoms with Crippen LogP contribution in [0.3, 0.4) is 0 Å². The highest BCUT2D eigenvalue weighted by molar-refractivity contribution is 7.92. The number of carbonyl (C=O) groups excluding carboxylic acids is 1. The van der Waals surface area contributed by atoms with Gasteiger partial charge in [-0.3, -0.25) is 13.9 Å². The normalized spacial score (nSPS) is 11.0. The van der Waals surface area contributed by atoms with Gasteiger partial charge in [0.2, 0.25) is 10.0 Å². The summed E-state index contributed by atoms with van der Waals surface area (Å²) in [5, 5.41) is 6.14. The van der Waals surface area contributed by atoms with Crippen molar-refractivity contribution in [3.05, 3.63) is 72.2 Å². The number of nitrogens with zero attached hydrogens (tertiary/aromatic N) is 2. The van der Waals surface area contributed by atoms with E-state index in [2.05, 4.69) is 21.1 Å². The summed E-state index contributed by atoms with van der Waals surface area (Å²) >= 11 is 0. The van der Waals surface area contributed by atoms with Crippen LogP contribution in [-0.2, 0) is 14.9 Å². The fourth-order valence-electron chi connectivity index (χ4n) is 2.81. The second-order valence-electron chi connectivity index (χ2n) is 6.75. The second kappa shape index (κ2) is 9.62. The van der Waals surface area contributed by atoms with E-state index in [9.17, 15) is 17.6 Å². The van der Waals surface area contributed by atoms with Crippen molar-refractivity contribution in [2.45, 2.75) is 0 Å². The highest BCUT2D eigenvalue weighted by Crippen LogP contribution is 2.32. The molecule has 9 nitrogen and oxygen atoms in total. The van der Waals surface area contributed by atoms with Crippen molar-refractivity contribution < 1.29 is 22.4 Å². The molecule has 0 fully saturated rings. The van der Waals surface area contributed by atoms with Crippen LogP contribution >= 0.6 is 0 Å². The zero-order chi connectivity index (χ0) is 23.3. The Kier molecular flexibility index (Phi) is 6.91. The Hall–Kier alpha value is -3.70. The number of hydrogen-bond donors (Lipinski definition) is 3. The van der Waals surface area contributed by atoms with Gasteiger partial charge < -0.3 is 10.6 Å². The lowest BCUT2D eigenvalue weighted by atomic mass is 10.2. The molecule has 0 aliphatic carbocycles. The maximum Gasteiger partial charge on any atom is 0.278 e. The smallest absolute Gasteiger partial charge is 0.278 e. The third kappa shape index (κ3) is 5.50. The van der Waals surface area contributed by atoms with Gasteiger partial charge in [0.25, 0.3) is 5.91 Å². The molecule has 0 aliphatic rings. The number of para-hydroxylation sites is 2. The Morgan fingerprint density at radius 2 is 1.75 bits per heavy atom. The fourth-order valence-corrected chi connectivity index (χ4v) is 3.33. The molecule has 2 aromatic carbocycles. The predicted octanol–water partition coefficient (Wildman–Crippen LogP) is 3.39. The number of anilines is 5. The van der Waals surface area contributed by atoms with E-state index in [1.54, 1.807) is 42.5 Å². The van der Waals surface area contributed by atoms with E-state index >= 15 is 0 Å². The van der Waals surface area contributed by atoms with Crippen molar-refractivity contribution in [3.63, 3.8) is 0 Å². The summed E-state index contributed by atoms with van der Waals surface area (Å²) in [6.07, 6.45) is 2.43. The maximum absolute atomic E-state index is 13.2. The zero-order valence-corrected chi connectivity index (χ0v) is 18.4. The summed E-state index contributed by atoms with van der Waals surface area (Å²) in [5.41, 5.74) is 4.17. The van der Waals surface area contributed by atoms with Crippen molar-refractivity contribution in [2.24, 2.45) is 0 Å². The first kappa shape index (κ1) is 23.0. The average Bonchev–Trinajstić information content (AvgIpc) is 2.75. The lowest BCUT2D eigenvalue weighted by Gasteiger charge is -2.22. The van der Waals surface area contributed by atoms with Crippen molar-refractivity contribution >= 4 is 44.5 Å². The van der Waals surface area contributed by atoms with Gasteiger partial charge in [0.1, 0.15) is 11.6 Å². The molecule has 3 rings (SSSR count). The molecular formula is C21H22FN5O4S. The van der Waals surface area contributed by atoms with E-state index < -0.39 is 15.9 Å². The number of benzene rings is 2. The summed E-state index contributed by atoms with van der Waals surface area (Å²) in [7, 11) is -0.782. The molecule has 0 saturated heterocycles. The first-order valence-corrected chi connectivity index (χ1v) is 11.2. The van der Waals surface area contributed by atoms with E-state index in [1.165, 1.54) is 32.5 Å². The molecule has 0 unspecified atom stereocenters. The number of amides is 1. The van der Waals surface area contributed by atoms with Gasteiger partial charge in [0.15, 0.2) is 0 Å². The molecule has 3 N–H and O–H groups in total. The largest absolute Gasteiger partial charge is 0.353 e. The van der Waals surface area contributed by atoms with Crippen LogP contribution in [-0.4, -0.2) is 39.7 Å². The number of hydroxylamine groups is 1. The van der Waals surface area contributed by atoms with Gasteiger partial charge in [-0.1, -0.05) is 12.1 Å². The molecule has 168 valence electrons. The quantitative estimate of drug-likeness (QED) is 0.443. The number of nitrogens with one attached hydrogen (secondary N) is 3. The van der Waals surface area contributed by atoms with Gasteiger partial charge in [-0.2, -0.15) is 0 Å². The molecule has 1 aromatic heterocycles. The van der Waals surface area contributed by atoms with Gasteiger partial charge in [-0.15, -0.1) is 0 Å². The number of rotatable bonds is 8. The maximum atomic E-state index is 13.2. The zero-order valence-electron chi connectivity index (χ0n) is 17.6.